The number of nitrogens with zero attached hydrogens (tertiary/aromatic N) is 1. The van der Waals surface area contributed by atoms with Crippen molar-refractivity contribution in [1.29, 1.82) is 0 Å². The summed E-state index contributed by atoms with van der Waals surface area (Å²) >= 11 is 0. The fourth-order valence-electron chi connectivity index (χ4n) is 2.63. The molecule has 2 nitrogen and oxygen atoms in total. The van der Waals surface area contributed by atoms with Crippen molar-refractivity contribution in [1.82, 2.24) is 4.90 Å². The van der Waals surface area contributed by atoms with E-state index >= 15 is 0 Å². The zero-order chi connectivity index (χ0) is 11.2. The number of likely N-dealkylation sites (N-methyl/N-ethyl adjacent to an activating group) is 1. The van der Waals surface area contributed by atoms with Crippen LogP contribution in [0.2, 0.25) is 0 Å². The highest BCUT2D eigenvalue weighted by Gasteiger charge is 2.45. The summed E-state index contributed by atoms with van der Waals surface area (Å²) < 4.78 is 0. The van der Waals surface area contributed by atoms with E-state index in [0.29, 0.717) is 0 Å². The number of aliphatic hydroxyl groups excluding tert-OH is 1. The van der Waals surface area contributed by atoms with E-state index in [9.17, 15) is 5.11 Å². The lowest BCUT2D eigenvalue weighted by Gasteiger charge is -2.29. The van der Waals surface area contributed by atoms with Crippen LogP contribution in [0.1, 0.15) is 31.0 Å². The smallest absolute Gasteiger partial charge is 0.0828 e. The summed E-state index contributed by atoms with van der Waals surface area (Å²) in [6, 6.07) is 8.46. The molecule has 0 heterocycles. The molecule has 15 heavy (non-hydrogen) atoms. The van der Waals surface area contributed by atoms with Gasteiger partial charge in [0.15, 0.2) is 0 Å². The van der Waals surface area contributed by atoms with Gasteiger partial charge < -0.3 is 10.0 Å². The highest BCUT2D eigenvalue weighted by Crippen LogP contribution is 2.46. The quantitative estimate of drug-likeness (QED) is 0.757. The van der Waals surface area contributed by atoms with Gasteiger partial charge in [-0.1, -0.05) is 38.1 Å². The second-order valence-corrected chi connectivity index (χ2v) is 5.16. The largest absolute Gasteiger partial charge is 0.390 e. The van der Waals surface area contributed by atoms with Crippen molar-refractivity contribution in [2.45, 2.75) is 31.4 Å². The van der Waals surface area contributed by atoms with Crippen molar-refractivity contribution in [3.63, 3.8) is 0 Å². The third-order valence-corrected chi connectivity index (χ3v) is 3.57. The average molecular weight is 205 g/mol. The number of benzene rings is 1. The van der Waals surface area contributed by atoms with Gasteiger partial charge in [0.05, 0.1) is 12.1 Å². The lowest BCUT2D eigenvalue weighted by atomic mass is 9.84. The monoisotopic (exact) mass is 205 g/mol. The molecule has 0 aromatic heterocycles. The van der Waals surface area contributed by atoms with E-state index in [1.54, 1.807) is 0 Å². The van der Waals surface area contributed by atoms with Gasteiger partial charge in [0, 0.05) is 5.41 Å². The third kappa shape index (κ3) is 1.40. The van der Waals surface area contributed by atoms with Gasteiger partial charge in [-0.3, -0.25) is 0 Å². The minimum absolute atomic E-state index is 0.121. The molecule has 1 aliphatic carbocycles. The molecule has 2 rings (SSSR count). The summed E-state index contributed by atoms with van der Waals surface area (Å²) in [6.45, 7) is 4.22. The zero-order valence-corrected chi connectivity index (χ0v) is 9.86. The van der Waals surface area contributed by atoms with E-state index in [1.807, 2.05) is 26.2 Å². The molecule has 0 amide bonds. The van der Waals surface area contributed by atoms with Gasteiger partial charge >= 0.3 is 0 Å². The Morgan fingerprint density at radius 1 is 1.20 bits per heavy atom. The van der Waals surface area contributed by atoms with E-state index in [4.69, 9.17) is 0 Å². The number of hydrogen-bond acceptors (Lipinski definition) is 2. The van der Waals surface area contributed by atoms with Crippen molar-refractivity contribution in [3.05, 3.63) is 35.4 Å². The third-order valence-electron chi connectivity index (χ3n) is 3.57. The minimum Gasteiger partial charge on any atom is -0.390 e. The molecular formula is C13H19NO. The number of aliphatic hydroxyl groups is 1. The molecule has 0 saturated heterocycles. The van der Waals surface area contributed by atoms with E-state index < -0.39 is 0 Å². The van der Waals surface area contributed by atoms with Gasteiger partial charge in [-0.25, -0.2) is 0 Å². The van der Waals surface area contributed by atoms with Crippen LogP contribution in [0.25, 0.3) is 0 Å². The minimum atomic E-state index is -0.329. The Balaban J connectivity index is 2.57. The van der Waals surface area contributed by atoms with Crippen molar-refractivity contribution in [2.24, 2.45) is 0 Å². The molecule has 1 N–H and O–H groups in total. The van der Waals surface area contributed by atoms with E-state index in [1.165, 1.54) is 11.1 Å². The Labute approximate surface area is 91.5 Å². The maximum Gasteiger partial charge on any atom is 0.0828 e. The topological polar surface area (TPSA) is 23.5 Å². The van der Waals surface area contributed by atoms with Crippen LogP contribution in [0, 0.1) is 0 Å². The van der Waals surface area contributed by atoms with Crippen molar-refractivity contribution in [2.75, 3.05) is 14.1 Å². The first-order chi connectivity index (χ1) is 6.96. The van der Waals surface area contributed by atoms with Gasteiger partial charge in [-0.2, -0.15) is 0 Å². The Bertz CT molecular complexity index is 371. The predicted octanol–water partition coefficient (Wildman–Crippen LogP) is 1.94. The Morgan fingerprint density at radius 3 is 2.40 bits per heavy atom. The number of hydrogen-bond donors (Lipinski definition) is 1. The van der Waals surface area contributed by atoms with Gasteiger partial charge in [0.1, 0.15) is 0 Å². The molecule has 2 unspecified atom stereocenters. The fourth-order valence-corrected chi connectivity index (χ4v) is 2.63. The average Bonchev–Trinajstić information content (AvgIpc) is 2.36. The lowest BCUT2D eigenvalue weighted by Crippen LogP contribution is -2.36. The summed E-state index contributed by atoms with van der Waals surface area (Å²) in [5, 5.41) is 10.4. The maximum atomic E-state index is 10.4. The van der Waals surface area contributed by atoms with Crippen molar-refractivity contribution < 1.29 is 5.11 Å². The summed E-state index contributed by atoms with van der Waals surface area (Å²) in [7, 11) is 4.04. The zero-order valence-electron chi connectivity index (χ0n) is 9.86. The van der Waals surface area contributed by atoms with E-state index in [-0.39, 0.29) is 17.6 Å². The Kier molecular flexibility index (Phi) is 2.36. The fraction of sp³-hybridized carbons (Fsp3) is 0.538. The van der Waals surface area contributed by atoms with Gasteiger partial charge in [0.25, 0.3) is 0 Å². The Hall–Kier alpha value is -0.860. The van der Waals surface area contributed by atoms with Crippen LogP contribution in [-0.2, 0) is 5.41 Å². The summed E-state index contributed by atoms with van der Waals surface area (Å²) in [5.74, 6) is 0. The highest BCUT2D eigenvalue weighted by atomic mass is 16.3. The summed E-state index contributed by atoms with van der Waals surface area (Å²) in [4.78, 5) is 2.10. The van der Waals surface area contributed by atoms with Crippen LogP contribution in [-0.4, -0.2) is 30.2 Å². The normalized spacial score (nSPS) is 28.1. The van der Waals surface area contributed by atoms with Crippen LogP contribution < -0.4 is 0 Å². The van der Waals surface area contributed by atoms with E-state index in [0.717, 1.165) is 0 Å². The van der Waals surface area contributed by atoms with Crippen molar-refractivity contribution >= 4 is 0 Å². The molecule has 0 bridgehead atoms. The van der Waals surface area contributed by atoms with Crippen LogP contribution >= 0.6 is 0 Å². The first kappa shape index (κ1) is 10.7. The summed E-state index contributed by atoms with van der Waals surface area (Å²) in [6.07, 6.45) is -0.329. The molecule has 1 aromatic rings. The highest BCUT2D eigenvalue weighted by molar-refractivity contribution is 5.43. The van der Waals surface area contributed by atoms with Gasteiger partial charge in [-0.15, -0.1) is 0 Å². The molecule has 0 fully saturated rings. The first-order valence-corrected chi connectivity index (χ1v) is 5.40. The molecule has 2 atom stereocenters. The standard InChI is InChI=1S/C13H19NO/c1-13(2)10-8-6-5-7-9(10)11(12(13)15)14(3)4/h5-8,11-12,15H,1-4H3. The molecule has 1 aliphatic rings. The number of rotatable bonds is 1. The van der Waals surface area contributed by atoms with Crippen molar-refractivity contribution in [3.8, 4) is 0 Å². The second-order valence-electron chi connectivity index (χ2n) is 5.16. The molecule has 2 heteroatoms. The predicted molar refractivity (Wildman–Crippen MR) is 61.9 cm³/mol. The van der Waals surface area contributed by atoms with Gasteiger partial charge in [0.2, 0.25) is 0 Å². The molecule has 0 saturated carbocycles. The van der Waals surface area contributed by atoms with Crippen LogP contribution in [0.3, 0.4) is 0 Å². The molecule has 82 valence electrons. The maximum absolute atomic E-state index is 10.4. The number of fused-ring (bicyclic) bond motifs is 1. The second kappa shape index (κ2) is 3.32. The first-order valence-electron chi connectivity index (χ1n) is 5.40. The molecular weight excluding hydrogens is 186 g/mol. The van der Waals surface area contributed by atoms with Crippen LogP contribution in [0.15, 0.2) is 24.3 Å². The lowest BCUT2D eigenvalue weighted by molar-refractivity contribution is 0.0410. The molecule has 0 spiro atoms. The molecule has 0 radical (unpaired) electrons. The molecule has 0 aliphatic heterocycles. The SMILES string of the molecule is CN(C)C1c2ccccc2C(C)(C)C1O. The van der Waals surface area contributed by atoms with E-state index in [2.05, 4.69) is 30.9 Å². The Morgan fingerprint density at radius 2 is 1.80 bits per heavy atom. The summed E-state index contributed by atoms with van der Waals surface area (Å²) in [5.41, 5.74) is 2.39. The van der Waals surface area contributed by atoms with Gasteiger partial charge in [-0.05, 0) is 25.2 Å². The van der Waals surface area contributed by atoms with Crippen LogP contribution in [0.4, 0.5) is 0 Å². The van der Waals surface area contributed by atoms with Crippen LogP contribution in [0.5, 0.6) is 0 Å². The molecule has 1 aromatic carbocycles.